The van der Waals surface area contributed by atoms with E-state index in [0.717, 1.165) is 35.5 Å². The normalized spacial score (nSPS) is 18.0. The summed E-state index contributed by atoms with van der Waals surface area (Å²) in [5.74, 6) is 1.55. The first-order valence-corrected chi connectivity index (χ1v) is 8.39. The number of carbonyl (C=O) groups is 1. The highest BCUT2D eigenvalue weighted by atomic mass is 35.5. The molecule has 1 aliphatic rings. The van der Waals surface area contributed by atoms with E-state index in [0.29, 0.717) is 19.6 Å². The predicted octanol–water partition coefficient (Wildman–Crippen LogP) is 2.96. The lowest BCUT2D eigenvalue weighted by molar-refractivity contribution is -0.126. The Morgan fingerprint density at radius 3 is 2.79 bits per heavy atom. The highest BCUT2D eigenvalue weighted by Crippen LogP contribution is 2.35. The highest BCUT2D eigenvalue weighted by molar-refractivity contribution is 5.85. The summed E-state index contributed by atoms with van der Waals surface area (Å²) in [6, 6.07) is 4.00. The molecule has 0 radical (unpaired) electrons. The number of nitrogens with one attached hydrogen (secondary N) is 1. The summed E-state index contributed by atoms with van der Waals surface area (Å²) in [7, 11) is 0. The van der Waals surface area contributed by atoms with E-state index in [2.05, 4.69) is 5.32 Å². The molecule has 0 aliphatic carbocycles. The number of hydrogen-bond acceptors (Lipinski definition) is 4. The standard InChI is InChI=1S/C18H28N2O3.ClH/c1-5-7-18(4,19)17(21)20-11-14-10-16-13(8-12(3)23-16)9-15(14)22-6-2;/h9-10,12H,5-8,11,19H2,1-4H3,(H,20,21);1H. The Kier molecular flexibility index (Phi) is 7.36. The van der Waals surface area contributed by atoms with Gasteiger partial charge in [-0.3, -0.25) is 4.79 Å². The monoisotopic (exact) mass is 356 g/mol. The van der Waals surface area contributed by atoms with E-state index in [1.54, 1.807) is 6.92 Å². The average molecular weight is 357 g/mol. The zero-order valence-corrected chi connectivity index (χ0v) is 15.8. The fourth-order valence-electron chi connectivity index (χ4n) is 2.92. The summed E-state index contributed by atoms with van der Waals surface area (Å²) < 4.78 is 11.5. The molecule has 0 aromatic heterocycles. The Labute approximate surface area is 150 Å². The number of amides is 1. The fraction of sp³-hybridized carbons (Fsp3) is 0.611. The van der Waals surface area contributed by atoms with Crippen LogP contribution in [-0.2, 0) is 17.8 Å². The zero-order valence-electron chi connectivity index (χ0n) is 15.0. The van der Waals surface area contributed by atoms with Crippen LogP contribution in [0.3, 0.4) is 0 Å². The summed E-state index contributed by atoms with van der Waals surface area (Å²) in [6.45, 7) is 8.75. The Hall–Kier alpha value is -1.46. The van der Waals surface area contributed by atoms with E-state index >= 15 is 0 Å². The van der Waals surface area contributed by atoms with Gasteiger partial charge in [0, 0.05) is 24.1 Å². The minimum absolute atomic E-state index is 0. The maximum absolute atomic E-state index is 12.3. The van der Waals surface area contributed by atoms with E-state index in [4.69, 9.17) is 15.2 Å². The number of hydrogen-bond donors (Lipinski definition) is 2. The minimum Gasteiger partial charge on any atom is -0.494 e. The van der Waals surface area contributed by atoms with Gasteiger partial charge in [0.15, 0.2) is 0 Å². The van der Waals surface area contributed by atoms with Gasteiger partial charge in [-0.2, -0.15) is 0 Å². The van der Waals surface area contributed by atoms with Crippen molar-refractivity contribution in [3.63, 3.8) is 0 Å². The van der Waals surface area contributed by atoms with Gasteiger partial charge < -0.3 is 20.5 Å². The number of carbonyl (C=O) groups excluding carboxylic acids is 1. The first-order valence-electron chi connectivity index (χ1n) is 8.39. The number of benzene rings is 1. The number of nitrogens with two attached hydrogens (primary N) is 1. The van der Waals surface area contributed by atoms with Crippen molar-refractivity contribution in [2.45, 2.75) is 65.1 Å². The second-order valence-corrected chi connectivity index (χ2v) is 6.48. The molecule has 0 saturated heterocycles. The fourth-order valence-corrected chi connectivity index (χ4v) is 2.92. The molecule has 0 fully saturated rings. The second-order valence-electron chi connectivity index (χ2n) is 6.48. The lowest BCUT2D eigenvalue weighted by Gasteiger charge is -2.23. The maximum Gasteiger partial charge on any atom is 0.240 e. The van der Waals surface area contributed by atoms with Gasteiger partial charge in [-0.1, -0.05) is 13.3 Å². The molecular weight excluding hydrogens is 328 g/mol. The number of rotatable bonds is 7. The summed E-state index contributed by atoms with van der Waals surface area (Å²) in [5, 5.41) is 2.93. The van der Waals surface area contributed by atoms with Crippen molar-refractivity contribution >= 4 is 18.3 Å². The van der Waals surface area contributed by atoms with Crippen LogP contribution in [0.5, 0.6) is 11.5 Å². The van der Waals surface area contributed by atoms with Crippen molar-refractivity contribution in [3.05, 3.63) is 23.3 Å². The van der Waals surface area contributed by atoms with Gasteiger partial charge in [-0.15, -0.1) is 12.4 Å². The molecule has 0 saturated carbocycles. The van der Waals surface area contributed by atoms with E-state index in [-0.39, 0.29) is 24.4 Å². The smallest absolute Gasteiger partial charge is 0.240 e. The van der Waals surface area contributed by atoms with Gasteiger partial charge in [-0.25, -0.2) is 0 Å². The summed E-state index contributed by atoms with van der Waals surface area (Å²) in [5.41, 5.74) is 7.30. The molecule has 2 atom stereocenters. The van der Waals surface area contributed by atoms with Crippen LogP contribution < -0.4 is 20.5 Å². The van der Waals surface area contributed by atoms with Gasteiger partial charge >= 0.3 is 0 Å². The lowest BCUT2D eigenvalue weighted by Crippen LogP contribution is -2.51. The van der Waals surface area contributed by atoms with E-state index in [9.17, 15) is 4.79 Å². The lowest BCUT2D eigenvalue weighted by atomic mass is 9.96. The SMILES string of the molecule is CCCC(C)(N)C(=O)NCc1cc2c(cc1OCC)CC(C)O2.Cl. The average Bonchev–Trinajstić information content (AvgIpc) is 2.83. The van der Waals surface area contributed by atoms with Gasteiger partial charge in [0.1, 0.15) is 17.6 Å². The third kappa shape index (κ3) is 4.77. The Morgan fingerprint density at radius 2 is 2.17 bits per heavy atom. The van der Waals surface area contributed by atoms with Crippen LogP contribution >= 0.6 is 12.4 Å². The van der Waals surface area contributed by atoms with Crippen LogP contribution in [-0.4, -0.2) is 24.2 Å². The van der Waals surface area contributed by atoms with Crippen LogP contribution in [0.1, 0.15) is 51.7 Å². The van der Waals surface area contributed by atoms with Crippen LogP contribution in [0.2, 0.25) is 0 Å². The number of fused-ring (bicyclic) bond motifs is 1. The summed E-state index contributed by atoms with van der Waals surface area (Å²) >= 11 is 0. The third-order valence-electron chi connectivity index (χ3n) is 4.11. The zero-order chi connectivity index (χ0) is 17.0. The Balaban J connectivity index is 0.00000288. The number of halogens is 1. The predicted molar refractivity (Wildman–Crippen MR) is 98.0 cm³/mol. The molecule has 1 aromatic rings. The van der Waals surface area contributed by atoms with Crippen LogP contribution in [0.4, 0.5) is 0 Å². The Bertz CT molecular complexity index is 576. The minimum atomic E-state index is -0.845. The van der Waals surface area contributed by atoms with Gasteiger partial charge in [-0.05, 0) is 39.3 Å². The van der Waals surface area contributed by atoms with Gasteiger partial charge in [0.2, 0.25) is 5.91 Å². The second kappa shape index (κ2) is 8.58. The van der Waals surface area contributed by atoms with Crippen molar-refractivity contribution in [1.29, 1.82) is 0 Å². The molecule has 2 rings (SSSR count). The molecule has 3 N–H and O–H groups in total. The summed E-state index contributed by atoms with van der Waals surface area (Å²) in [6.07, 6.45) is 2.59. The maximum atomic E-state index is 12.3. The van der Waals surface area contributed by atoms with E-state index in [1.165, 1.54) is 0 Å². The molecular formula is C18H29ClN2O3. The van der Waals surface area contributed by atoms with Crippen molar-refractivity contribution in [2.75, 3.05) is 6.61 Å². The molecule has 5 nitrogen and oxygen atoms in total. The van der Waals surface area contributed by atoms with Crippen molar-refractivity contribution in [1.82, 2.24) is 5.32 Å². The molecule has 1 heterocycles. The molecule has 136 valence electrons. The van der Waals surface area contributed by atoms with Crippen molar-refractivity contribution in [3.8, 4) is 11.5 Å². The van der Waals surface area contributed by atoms with Crippen LogP contribution in [0, 0.1) is 0 Å². The molecule has 0 spiro atoms. The molecule has 24 heavy (non-hydrogen) atoms. The first-order chi connectivity index (χ1) is 10.9. The van der Waals surface area contributed by atoms with Gasteiger partial charge in [0.25, 0.3) is 0 Å². The van der Waals surface area contributed by atoms with Crippen molar-refractivity contribution in [2.24, 2.45) is 5.73 Å². The summed E-state index contributed by atoms with van der Waals surface area (Å²) in [4.78, 5) is 12.3. The van der Waals surface area contributed by atoms with Crippen molar-refractivity contribution < 1.29 is 14.3 Å². The molecule has 1 aliphatic heterocycles. The topological polar surface area (TPSA) is 73.6 Å². The largest absolute Gasteiger partial charge is 0.494 e. The van der Waals surface area contributed by atoms with E-state index < -0.39 is 5.54 Å². The van der Waals surface area contributed by atoms with Crippen LogP contribution in [0.15, 0.2) is 12.1 Å². The third-order valence-corrected chi connectivity index (χ3v) is 4.11. The molecule has 1 aromatic carbocycles. The molecule has 0 bridgehead atoms. The molecule has 6 heteroatoms. The quantitative estimate of drug-likeness (QED) is 0.787. The van der Waals surface area contributed by atoms with E-state index in [1.807, 2.05) is 32.9 Å². The number of ether oxygens (including phenoxy) is 2. The highest BCUT2D eigenvalue weighted by Gasteiger charge is 2.27. The molecule has 1 amide bonds. The molecule has 2 unspecified atom stereocenters. The Morgan fingerprint density at radius 1 is 1.46 bits per heavy atom. The van der Waals surface area contributed by atoms with Crippen LogP contribution in [0.25, 0.3) is 0 Å². The van der Waals surface area contributed by atoms with Gasteiger partial charge in [0.05, 0.1) is 12.1 Å². The first kappa shape index (κ1) is 20.6.